The summed E-state index contributed by atoms with van der Waals surface area (Å²) in [6.07, 6.45) is 5.16. The van der Waals surface area contributed by atoms with Crippen LogP contribution in [0.25, 0.3) is 33.8 Å². The summed E-state index contributed by atoms with van der Waals surface area (Å²) in [6.45, 7) is 5.09. The molecule has 0 aliphatic carbocycles. The lowest BCUT2D eigenvalue weighted by molar-refractivity contribution is -0.110. The molecule has 3 N–H and O–H groups in total. The molecule has 1 aromatic carbocycles. The molecule has 5 heterocycles. The first-order valence-electron chi connectivity index (χ1n) is 10.7. The number of halogens is 1. The van der Waals surface area contributed by atoms with Crippen molar-refractivity contribution in [3.63, 3.8) is 0 Å². The zero-order valence-electron chi connectivity index (χ0n) is 18.0. The van der Waals surface area contributed by atoms with E-state index in [0.29, 0.717) is 35.7 Å². The van der Waals surface area contributed by atoms with Gasteiger partial charge in [-0.1, -0.05) is 0 Å². The first-order valence-corrected chi connectivity index (χ1v) is 10.7. The fourth-order valence-corrected chi connectivity index (χ4v) is 4.62. The SMILES string of the molecule is Cc1c(-c2cc(F)c3c(c2C)/C(=C/c2cc4ncccc4[nH]2)C(=O)N3)cnc2c1NCCO2. The summed E-state index contributed by atoms with van der Waals surface area (Å²) >= 11 is 0. The first kappa shape index (κ1) is 19.5. The Kier molecular flexibility index (Phi) is 4.23. The molecule has 0 atom stereocenters. The highest BCUT2D eigenvalue weighted by Crippen LogP contribution is 2.44. The van der Waals surface area contributed by atoms with Crippen molar-refractivity contribution in [1.82, 2.24) is 15.0 Å². The number of H-pyrrole nitrogens is 1. The van der Waals surface area contributed by atoms with Gasteiger partial charge in [-0.05, 0) is 60.9 Å². The highest BCUT2D eigenvalue weighted by molar-refractivity contribution is 6.35. The number of amides is 1. The molecular weight excluding hydrogens is 421 g/mol. The standard InChI is InChI=1S/C25H20FN5O2/c1-12-15(17-11-29-25-22(13(17)2)28-6-7-33-25)10-18(26)23-21(12)16(24(32)31-23)8-14-9-20-19(30-14)4-3-5-27-20/h3-5,8-11,28,30H,6-7H2,1-2H3,(H,31,32)/b16-8-. The van der Waals surface area contributed by atoms with Crippen LogP contribution in [0, 0.1) is 19.7 Å². The van der Waals surface area contributed by atoms with Gasteiger partial charge in [0, 0.05) is 35.8 Å². The third kappa shape index (κ3) is 2.98. The number of carbonyl (C=O) groups excluding carboxylic acids is 1. The summed E-state index contributed by atoms with van der Waals surface area (Å²) in [5, 5.41) is 6.01. The number of hydrogen-bond donors (Lipinski definition) is 3. The van der Waals surface area contributed by atoms with E-state index in [1.165, 1.54) is 6.07 Å². The van der Waals surface area contributed by atoms with Crippen LogP contribution >= 0.6 is 0 Å². The number of carbonyl (C=O) groups is 1. The Morgan fingerprint density at radius 1 is 1.12 bits per heavy atom. The normalized spacial score (nSPS) is 15.7. The summed E-state index contributed by atoms with van der Waals surface area (Å²) in [5.41, 5.74) is 7.56. The van der Waals surface area contributed by atoms with Crippen molar-refractivity contribution in [3.05, 3.63) is 64.9 Å². The minimum Gasteiger partial charge on any atom is -0.474 e. The molecule has 1 amide bonds. The molecule has 0 saturated heterocycles. The number of benzene rings is 1. The Labute approximate surface area is 188 Å². The van der Waals surface area contributed by atoms with Crippen LogP contribution in [0.4, 0.5) is 15.8 Å². The lowest BCUT2D eigenvalue weighted by atomic mass is 9.90. The molecule has 0 unspecified atom stereocenters. The maximum atomic E-state index is 15.2. The minimum atomic E-state index is -0.484. The number of aromatic amines is 1. The van der Waals surface area contributed by atoms with E-state index in [2.05, 4.69) is 25.6 Å². The largest absolute Gasteiger partial charge is 0.474 e. The zero-order chi connectivity index (χ0) is 22.7. The van der Waals surface area contributed by atoms with Crippen LogP contribution in [0.1, 0.15) is 22.4 Å². The summed E-state index contributed by atoms with van der Waals surface area (Å²) < 4.78 is 20.8. The molecule has 8 heteroatoms. The predicted molar refractivity (Wildman–Crippen MR) is 126 cm³/mol. The number of nitrogens with one attached hydrogen (secondary N) is 3. The molecule has 33 heavy (non-hydrogen) atoms. The van der Waals surface area contributed by atoms with Crippen LogP contribution in [0.15, 0.2) is 36.7 Å². The van der Waals surface area contributed by atoms with Crippen molar-refractivity contribution in [1.29, 1.82) is 0 Å². The molecular formula is C25H20FN5O2. The molecule has 6 rings (SSSR count). The number of fused-ring (bicyclic) bond motifs is 3. The fraction of sp³-hybridized carbons (Fsp3) is 0.160. The van der Waals surface area contributed by atoms with Crippen LogP contribution in [0.3, 0.4) is 0 Å². The average molecular weight is 441 g/mol. The van der Waals surface area contributed by atoms with Gasteiger partial charge in [0.1, 0.15) is 18.1 Å². The van der Waals surface area contributed by atoms with Gasteiger partial charge in [-0.2, -0.15) is 0 Å². The van der Waals surface area contributed by atoms with Gasteiger partial charge in [0.25, 0.3) is 5.91 Å². The lowest BCUT2D eigenvalue weighted by Gasteiger charge is -2.22. The second kappa shape index (κ2) is 7.16. The second-order valence-electron chi connectivity index (χ2n) is 8.21. The van der Waals surface area contributed by atoms with Gasteiger partial charge in [-0.3, -0.25) is 9.78 Å². The van der Waals surface area contributed by atoms with Crippen molar-refractivity contribution in [2.45, 2.75) is 13.8 Å². The van der Waals surface area contributed by atoms with Crippen molar-refractivity contribution in [3.8, 4) is 17.0 Å². The van der Waals surface area contributed by atoms with E-state index in [1.54, 1.807) is 18.5 Å². The Balaban J connectivity index is 1.53. The summed E-state index contributed by atoms with van der Waals surface area (Å²) in [4.78, 5) is 24.9. The molecule has 2 aliphatic rings. The molecule has 7 nitrogen and oxygen atoms in total. The van der Waals surface area contributed by atoms with Gasteiger partial charge in [0.15, 0.2) is 0 Å². The zero-order valence-corrected chi connectivity index (χ0v) is 18.0. The van der Waals surface area contributed by atoms with Crippen LogP contribution < -0.4 is 15.4 Å². The third-order valence-electron chi connectivity index (χ3n) is 6.24. The van der Waals surface area contributed by atoms with Crippen LogP contribution in [-0.4, -0.2) is 34.0 Å². The third-order valence-corrected chi connectivity index (χ3v) is 6.24. The lowest BCUT2D eigenvalue weighted by Crippen LogP contribution is -2.20. The topological polar surface area (TPSA) is 91.9 Å². The molecule has 4 aromatic rings. The van der Waals surface area contributed by atoms with Gasteiger partial charge in [0.2, 0.25) is 5.88 Å². The number of nitrogens with zero attached hydrogens (tertiary/aromatic N) is 2. The smallest absolute Gasteiger partial charge is 0.256 e. The number of ether oxygens (including phenoxy) is 1. The highest BCUT2D eigenvalue weighted by atomic mass is 19.1. The van der Waals surface area contributed by atoms with Crippen LogP contribution in [-0.2, 0) is 4.79 Å². The molecule has 3 aromatic heterocycles. The Bertz CT molecular complexity index is 1470. The summed E-state index contributed by atoms with van der Waals surface area (Å²) in [6, 6.07) is 7.09. The Morgan fingerprint density at radius 3 is 2.85 bits per heavy atom. The summed E-state index contributed by atoms with van der Waals surface area (Å²) in [7, 11) is 0. The van der Waals surface area contributed by atoms with Crippen LogP contribution in [0.5, 0.6) is 5.88 Å². The first-order chi connectivity index (χ1) is 16.0. The average Bonchev–Trinajstić information content (AvgIpc) is 3.38. The monoisotopic (exact) mass is 441 g/mol. The van der Waals surface area contributed by atoms with Gasteiger partial charge < -0.3 is 20.4 Å². The van der Waals surface area contributed by atoms with E-state index < -0.39 is 5.82 Å². The molecule has 2 aliphatic heterocycles. The summed E-state index contributed by atoms with van der Waals surface area (Å²) in [5.74, 6) is -0.278. The van der Waals surface area contributed by atoms with Crippen molar-refractivity contribution >= 4 is 40.0 Å². The van der Waals surface area contributed by atoms with Gasteiger partial charge >= 0.3 is 0 Å². The van der Waals surface area contributed by atoms with E-state index in [9.17, 15) is 4.79 Å². The molecule has 0 fully saturated rings. The number of anilines is 2. The molecule has 164 valence electrons. The Morgan fingerprint density at radius 2 is 2.00 bits per heavy atom. The maximum absolute atomic E-state index is 15.2. The van der Waals surface area contributed by atoms with Gasteiger partial charge in [-0.25, -0.2) is 9.37 Å². The van der Waals surface area contributed by atoms with Crippen LogP contribution in [0.2, 0.25) is 0 Å². The van der Waals surface area contributed by atoms with Crippen molar-refractivity contribution in [2.75, 3.05) is 23.8 Å². The second-order valence-corrected chi connectivity index (χ2v) is 8.21. The van der Waals surface area contributed by atoms with Gasteiger partial charge in [0.05, 0.1) is 22.3 Å². The van der Waals surface area contributed by atoms with E-state index in [4.69, 9.17) is 4.74 Å². The number of aromatic nitrogens is 3. The van der Waals surface area contributed by atoms with Crippen molar-refractivity contribution < 1.29 is 13.9 Å². The fourth-order valence-electron chi connectivity index (χ4n) is 4.62. The van der Waals surface area contributed by atoms with E-state index in [-0.39, 0.29) is 11.6 Å². The minimum absolute atomic E-state index is 0.201. The van der Waals surface area contributed by atoms with Gasteiger partial charge in [-0.15, -0.1) is 0 Å². The molecule has 0 saturated carbocycles. The Hall–Kier alpha value is -4.20. The maximum Gasteiger partial charge on any atom is 0.256 e. The quantitative estimate of drug-likeness (QED) is 0.393. The number of rotatable bonds is 2. The van der Waals surface area contributed by atoms with E-state index in [1.807, 2.05) is 32.0 Å². The number of pyridine rings is 2. The van der Waals surface area contributed by atoms with Crippen molar-refractivity contribution in [2.24, 2.45) is 0 Å². The molecule has 0 bridgehead atoms. The van der Waals surface area contributed by atoms with E-state index in [0.717, 1.165) is 39.1 Å². The molecule has 0 spiro atoms. The molecule has 0 radical (unpaired) electrons. The van der Waals surface area contributed by atoms with E-state index >= 15 is 4.39 Å². The predicted octanol–water partition coefficient (Wildman–Crippen LogP) is 4.68. The number of hydrogen-bond acceptors (Lipinski definition) is 5. The highest BCUT2D eigenvalue weighted by Gasteiger charge is 2.31.